The molecule has 0 bridgehead atoms. The van der Waals surface area contributed by atoms with Crippen molar-refractivity contribution in [2.45, 2.75) is 32.7 Å². The number of thiazole rings is 1. The molecule has 27 heavy (non-hydrogen) atoms. The Labute approximate surface area is 160 Å². The highest BCUT2D eigenvalue weighted by atomic mass is 32.1. The van der Waals surface area contributed by atoms with Crippen LogP contribution in [0.1, 0.15) is 41.7 Å². The Hall–Kier alpha value is -2.55. The average molecular weight is 397 g/mol. The molecule has 1 aromatic heterocycles. The van der Waals surface area contributed by atoms with Gasteiger partial charge >= 0.3 is 12.0 Å². The van der Waals surface area contributed by atoms with Crippen LogP contribution in [-0.4, -0.2) is 35.5 Å². The Kier molecular flexibility index (Phi) is 7.66. The van der Waals surface area contributed by atoms with Crippen molar-refractivity contribution in [3.05, 3.63) is 45.9 Å². The van der Waals surface area contributed by atoms with E-state index >= 15 is 0 Å². The molecule has 0 aliphatic rings. The van der Waals surface area contributed by atoms with Crippen LogP contribution in [0.3, 0.4) is 0 Å². The Morgan fingerprint density at radius 1 is 1.30 bits per heavy atom. The molecule has 1 aromatic carbocycles. The van der Waals surface area contributed by atoms with Gasteiger partial charge in [-0.25, -0.2) is 23.4 Å². The number of urea groups is 1. The van der Waals surface area contributed by atoms with Gasteiger partial charge in [-0.2, -0.15) is 0 Å². The van der Waals surface area contributed by atoms with E-state index in [0.717, 1.165) is 25.3 Å². The molecule has 9 heteroatoms. The SMILES string of the molecule is CCCCCN(Cc1nc(C(=O)OC)cs1)C(=O)Nc1ccc(F)cc1F. The number of nitrogens with zero attached hydrogens (tertiary/aromatic N) is 2. The number of esters is 1. The fourth-order valence-electron chi connectivity index (χ4n) is 2.34. The van der Waals surface area contributed by atoms with E-state index in [1.165, 1.54) is 29.4 Å². The van der Waals surface area contributed by atoms with Crippen LogP contribution in [0.2, 0.25) is 0 Å². The highest BCUT2D eigenvalue weighted by Gasteiger charge is 2.19. The number of amides is 2. The van der Waals surface area contributed by atoms with Crippen molar-refractivity contribution in [2.75, 3.05) is 19.0 Å². The van der Waals surface area contributed by atoms with Gasteiger partial charge in [0.2, 0.25) is 0 Å². The monoisotopic (exact) mass is 397 g/mol. The fraction of sp³-hybridized carbons (Fsp3) is 0.389. The van der Waals surface area contributed by atoms with Crippen LogP contribution in [0.25, 0.3) is 0 Å². The summed E-state index contributed by atoms with van der Waals surface area (Å²) < 4.78 is 31.5. The number of unbranched alkanes of at least 4 members (excludes halogenated alkanes) is 2. The largest absolute Gasteiger partial charge is 0.464 e. The third-order valence-corrected chi connectivity index (χ3v) is 4.60. The molecule has 0 atom stereocenters. The molecule has 2 rings (SSSR count). The lowest BCUT2D eigenvalue weighted by molar-refractivity contribution is 0.0594. The lowest BCUT2D eigenvalue weighted by atomic mass is 10.2. The number of ether oxygens (including phenoxy) is 1. The summed E-state index contributed by atoms with van der Waals surface area (Å²) in [6.45, 7) is 2.65. The number of benzene rings is 1. The Balaban J connectivity index is 2.11. The average Bonchev–Trinajstić information content (AvgIpc) is 3.11. The Bertz CT molecular complexity index is 798. The molecule has 0 aliphatic carbocycles. The van der Waals surface area contributed by atoms with E-state index in [-0.39, 0.29) is 17.9 Å². The van der Waals surface area contributed by atoms with E-state index in [4.69, 9.17) is 0 Å². The van der Waals surface area contributed by atoms with Crippen molar-refractivity contribution in [1.29, 1.82) is 0 Å². The highest BCUT2D eigenvalue weighted by molar-refractivity contribution is 7.09. The number of methoxy groups -OCH3 is 1. The first-order valence-electron chi connectivity index (χ1n) is 8.48. The third-order valence-electron chi connectivity index (χ3n) is 3.76. The lowest BCUT2D eigenvalue weighted by Gasteiger charge is -2.22. The first kappa shape index (κ1) is 20.8. The van der Waals surface area contributed by atoms with Crippen LogP contribution < -0.4 is 5.32 Å². The van der Waals surface area contributed by atoms with Crippen molar-refractivity contribution >= 4 is 29.0 Å². The van der Waals surface area contributed by atoms with Gasteiger partial charge in [0, 0.05) is 18.0 Å². The van der Waals surface area contributed by atoms with Crippen molar-refractivity contribution in [1.82, 2.24) is 9.88 Å². The number of anilines is 1. The molecule has 0 fully saturated rings. The normalized spacial score (nSPS) is 10.5. The number of aromatic nitrogens is 1. The van der Waals surface area contributed by atoms with Crippen molar-refractivity contribution < 1.29 is 23.1 Å². The van der Waals surface area contributed by atoms with Gasteiger partial charge in [-0.05, 0) is 18.6 Å². The van der Waals surface area contributed by atoms with Crippen molar-refractivity contribution in [2.24, 2.45) is 0 Å². The van der Waals surface area contributed by atoms with Gasteiger partial charge in [-0.1, -0.05) is 19.8 Å². The minimum atomic E-state index is -0.848. The topological polar surface area (TPSA) is 71.5 Å². The molecule has 6 nitrogen and oxygen atoms in total. The van der Waals surface area contributed by atoms with Gasteiger partial charge < -0.3 is 15.0 Å². The highest BCUT2D eigenvalue weighted by Crippen LogP contribution is 2.18. The predicted molar refractivity (Wildman–Crippen MR) is 98.8 cm³/mol. The molecule has 0 saturated carbocycles. The molecule has 0 aliphatic heterocycles. The Morgan fingerprint density at radius 3 is 2.74 bits per heavy atom. The maximum absolute atomic E-state index is 13.8. The van der Waals surface area contributed by atoms with Gasteiger partial charge in [0.05, 0.1) is 19.3 Å². The van der Waals surface area contributed by atoms with Crippen LogP contribution in [0.4, 0.5) is 19.3 Å². The van der Waals surface area contributed by atoms with E-state index in [2.05, 4.69) is 15.0 Å². The summed E-state index contributed by atoms with van der Waals surface area (Å²) in [6.07, 6.45) is 2.68. The molecule has 0 unspecified atom stereocenters. The zero-order valence-corrected chi connectivity index (χ0v) is 15.9. The van der Waals surface area contributed by atoms with Crippen LogP contribution in [0.5, 0.6) is 0 Å². The summed E-state index contributed by atoms with van der Waals surface area (Å²) in [7, 11) is 1.27. The van der Waals surface area contributed by atoms with Gasteiger partial charge in [0.15, 0.2) is 5.69 Å². The number of carbonyl (C=O) groups is 2. The smallest absolute Gasteiger partial charge is 0.357 e. The molecule has 1 N–H and O–H groups in total. The third kappa shape index (κ3) is 5.99. The molecule has 1 heterocycles. The second-order valence-electron chi connectivity index (χ2n) is 5.80. The van der Waals surface area contributed by atoms with Gasteiger partial charge in [-0.15, -0.1) is 11.3 Å². The van der Waals surface area contributed by atoms with Gasteiger partial charge in [0.25, 0.3) is 0 Å². The van der Waals surface area contributed by atoms with Gasteiger partial charge in [0.1, 0.15) is 16.6 Å². The zero-order chi connectivity index (χ0) is 19.8. The van der Waals surface area contributed by atoms with E-state index in [1.807, 2.05) is 6.92 Å². The van der Waals surface area contributed by atoms with Crippen LogP contribution in [-0.2, 0) is 11.3 Å². The van der Waals surface area contributed by atoms with E-state index in [9.17, 15) is 18.4 Å². The zero-order valence-electron chi connectivity index (χ0n) is 15.1. The first-order valence-corrected chi connectivity index (χ1v) is 9.36. The summed E-state index contributed by atoms with van der Waals surface area (Å²) in [6, 6.07) is 2.43. The fourth-order valence-corrected chi connectivity index (χ4v) is 3.11. The van der Waals surface area contributed by atoms with E-state index in [1.54, 1.807) is 5.38 Å². The molecule has 2 amide bonds. The van der Waals surface area contributed by atoms with Crippen LogP contribution >= 0.6 is 11.3 Å². The maximum Gasteiger partial charge on any atom is 0.357 e. The standard InChI is InChI=1S/C18H21F2N3O3S/c1-3-4-5-8-23(10-16-21-15(11-27-16)17(24)26-2)18(25)22-14-7-6-12(19)9-13(14)20/h6-7,9,11H,3-5,8,10H2,1-2H3,(H,22,25). The van der Waals surface area contributed by atoms with Gasteiger partial charge in [-0.3, -0.25) is 0 Å². The summed E-state index contributed by atoms with van der Waals surface area (Å²) in [5.41, 5.74) is 0.0762. The van der Waals surface area contributed by atoms with E-state index in [0.29, 0.717) is 17.6 Å². The molecule has 0 spiro atoms. The number of hydrogen-bond acceptors (Lipinski definition) is 5. The van der Waals surface area contributed by atoms with Crippen molar-refractivity contribution in [3.8, 4) is 0 Å². The lowest BCUT2D eigenvalue weighted by Crippen LogP contribution is -2.35. The van der Waals surface area contributed by atoms with E-state index < -0.39 is 23.6 Å². The predicted octanol–water partition coefficient (Wildman–Crippen LogP) is 4.43. The quantitative estimate of drug-likeness (QED) is 0.528. The molecule has 2 aromatic rings. The number of nitrogens with one attached hydrogen (secondary N) is 1. The first-order chi connectivity index (χ1) is 12.9. The summed E-state index contributed by atoms with van der Waals surface area (Å²) in [5, 5.41) is 4.57. The second-order valence-corrected chi connectivity index (χ2v) is 6.74. The van der Waals surface area contributed by atoms with Crippen LogP contribution in [0.15, 0.2) is 23.6 Å². The number of rotatable bonds is 8. The van der Waals surface area contributed by atoms with Crippen molar-refractivity contribution in [3.63, 3.8) is 0 Å². The molecular weight excluding hydrogens is 376 g/mol. The number of halogens is 2. The molecule has 0 saturated heterocycles. The minimum Gasteiger partial charge on any atom is -0.464 e. The molecular formula is C18H21F2N3O3S. The number of carbonyl (C=O) groups excluding carboxylic acids is 2. The second kappa shape index (κ2) is 9.96. The maximum atomic E-state index is 13.8. The summed E-state index contributed by atoms with van der Waals surface area (Å²) in [4.78, 5) is 29.8. The van der Waals surface area contributed by atoms with Crippen LogP contribution in [0, 0.1) is 11.6 Å². The summed E-state index contributed by atoms with van der Waals surface area (Å²) in [5.74, 6) is -2.12. The number of hydrogen-bond donors (Lipinski definition) is 1. The summed E-state index contributed by atoms with van der Waals surface area (Å²) >= 11 is 1.23. The minimum absolute atomic E-state index is 0.101. The Morgan fingerprint density at radius 2 is 2.07 bits per heavy atom. The molecule has 0 radical (unpaired) electrons. The molecule has 146 valence electrons.